The number of phosphoric acid groups is 1. The van der Waals surface area contributed by atoms with Crippen LogP contribution in [0.25, 0.3) is 0 Å². The van der Waals surface area contributed by atoms with E-state index in [0.29, 0.717) is 6.42 Å². The number of unbranched alkanes of at least 4 members (excludes halogenated alkanes) is 10. The second-order valence-corrected chi connectivity index (χ2v) is 14.4. The van der Waals surface area contributed by atoms with Crippen molar-refractivity contribution in [2.24, 2.45) is 0 Å². The number of aliphatic hydroxyl groups excluding tert-OH is 3. The number of ether oxygens (including phenoxy) is 2. The van der Waals surface area contributed by atoms with Gasteiger partial charge in [0.1, 0.15) is 6.61 Å². The second kappa shape index (κ2) is 35.1. The molecule has 0 aliphatic rings. The topological polar surface area (TPSA) is 180 Å². The van der Waals surface area contributed by atoms with Gasteiger partial charge in [-0.1, -0.05) is 138 Å². The largest absolute Gasteiger partial charge is 0.469 e. The third kappa shape index (κ3) is 36.1. The van der Waals surface area contributed by atoms with E-state index in [4.69, 9.17) is 19.3 Å². The lowest BCUT2D eigenvalue weighted by Gasteiger charge is -2.19. The zero-order valence-electron chi connectivity index (χ0n) is 32.2. The summed E-state index contributed by atoms with van der Waals surface area (Å²) in [6.45, 7) is 3.23. The summed E-state index contributed by atoms with van der Waals surface area (Å²) in [5.41, 5.74) is 0. The van der Waals surface area contributed by atoms with Crippen molar-refractivity contribution in [1.82, 2.24) is 0 Å². The summed E-state index contributed by atoms with van der Waals surface area (Å²) in [5.74, 6) is -1.24. The molecular formula is C41H69O11P. The first kappa shape index (κ1) is 50.4. The molecule has 12 heteroatoms. The number of aliphatic hydroxyl groups is 3. The average molecular weight is 769 g/mol. The number of carbonyl (C=O) groups excluding carboxylic acids is 2. The van der Waals surface area contributed by atoms with Crippen LogP contribution in [-0.4, -0.2) is 74.7 Å². The van der Waals surface area contributed by atoms with E-state index in [1.165, 1.54) is 25.3 Å². The van der Waals surface area contributed by atoms with Crippen molar-refractivity contribution in [2.45, 2.75) is 160 Å². The molecule has 0 fully saturated rings. The molecule has 0 saturated carbocycles. The van der Waals surface area contributed by atoms with Crippen LogP contribution in [0.3, 0.4) is 0 Å². The van der Waals surface area contributed by atoms with Crippen LogP contribution in [0.1, 0.15) is 136 Å². The van der Waals surface area contributed by atoms with Crippen LogP contribution in [0.4, 0.5) is 0 Å². The Hall–Kier alpha value is -2.63. The Labute approximate surface area is 318 Å². The molecular weight excluding hydrogens is 699 g/mol. The van der Waals surface area contributed by atoms with E-state index < -0.39 is 57.4 Å². The number of rotatable bonds is 34. The van der Waals surface area contributed by atoms with E-state index in [-0.39, 0.29) is 25.7 Å². The molecule has 0 aromatic rings. The lowest BCUT2D eigenvalue weighted by Crippen LogP contribution is -2.29. The Morgan fingerprint density at radius 2 is 1.19 bits per heavy atom. The molecule has 0 aromatic heterocycles. The fourth-order valence-electron chi connectivity index (χ4n) is 4.96. The molecule has 0 rings (SSSR count). The van der Waals surface area contributed by atoms with Gasteiger partial charge in [0.15, 0.2) is 6.10 Å². The minimum atomic E-state index is -4.86. The molecule has 0 spiro atoms. The van der Waals surface area contributed by atoms with Crippen LogP contribution in [0, 0.1) is 0 Å². The highest BCUT2D eigenvalue weighted by molar-refractivity contribution is 7.46. The predicted molar refractivity (Wildman–Crippen MR) is 211 cm³/mol. The Morgan fingerprint density at radius 1 is 0.623 bits per heavy atom. The molecule has 0 aromatic carbocycles. The zero-order chi connectivity index (χ0) is 39.4. The van der Waals surface area contributed by atoms with Gasteiger partial charge in [-0.3, -0.25) is 14.1 Å². The Morgan fingerprint density at radius 3 is 1.85 bits per heavy atom. The van der Waals surface area contributed by atoms with Crippen molar-refractivity contribution >= 4 is 19.8 Å². The Bertz CT molecular complexity index is 1140. The van der Waals surface area contributed by atoms with Crippen LogP contribution < -0.4 is 0 Å². The Kier molecular flexibility index (Phi) is 33.4. The zero-order valence-corrected chi connectivity index (χ0v) is 33.1. The number of hydrogen-bond acceptors (Lipinski definition) is 9. The normalized spacial score (nSPS) is 15.1. The molecule has 0 aliphatic carbocycles. The average Bonchev–Trinajstić information content (AvgIpc) is 3.11. The maximum Gasteiger partial charge on any atom is 0.469 e. The molecule has 0 amide bonds. The molecule has 0 aliphatic heterocycles. The standard InChI is InChI=1S/C41H69O11P/c1-3-5-7-8-9-10-11-12-13-14-15-16-17-22-26-32-40(45)50-34-37(35-51-53(47,48)49)52-41(46)33-27-31-39(44)38(43)30-25-21-19-18-20-24-29-36(42)28-23-6-4-2/h9-10,12-13,18-21,24-25,29-30,36-39,42-44H,3-8,11,14-17,22-23,26-28,31-35H2,1-2H3,(H2,47,48,49)/b10-9-,13-12-,20-18-,21-19+,29-24+,30-25+/t36-,37+,38-,39-/m0/s1. The van der Waals surface area contributed by atoms with E-state index in [9.17, 15) is 29.5 Å². The minimum absolute atomic E-state index is 0.0851. The molecule has 0 heterocycles. The van der Waals surface area contributed by atoms with Crippen LogP contribution >= 0.6 is 7.82 Å². The van der Waals surface area contributed by atoms with Crippen molar-refractivity contribution in [3.8, 4) is 0 Å². The van der Waals surface area contributed by atoms with E-state index in [0.717, 1.165) is 70.6 Å². The summed E-state index contributed by atoms with van der Waals surface area (Å²) in [6, 6.07) is 0. The van der Waals surface area contributed by atoms with Crippen molar-refractivity contribution in [3.05, 3.63) is 72.9 Å². The quantitative estimate of drug-likeness (QED) is 0.0139. The van der Waals surface area contributed by atoms with Gasteiger partial charge in [0, 0.05) is 12.8 Å². The molecule has 304 valence electrons. The second-order valence-electron chi connectivity index (χ2n) is 13.1. The van der Waals surface area contributed by atoms with Crippen molar-refractivity contribution in [2.75, 3.05) is 13.2 Å². The first-order valence-corrected chi connectivity index (χ1v) is 21.1. The van der Waals surface area contributed by atoms with E-state index in [2.05, 4.69) is 42.7 Å². The maximum absolute atomic E-state index is 12.4. The fourth-order valence-corrected chi connectivity index (χ4v) is 5.32. The number of allylic oxidation sites excluding steroid dienone is 10. The van der Waals surface area contributed by atoms with E-state index in [1.807, 2.05) is 0 Å². The summed E-state index contributed by atoms with van der Waals surface area (Å²) in [4.78, 5) is 42.8. The molecule has 0 bridgehead atoms. The molecule has 0 unspecified atom stereocenters. The first-order chi connectivity index (χ1) is 25.5. The molecule has 53 heavy (non-hydrogen) atoms. The van der Waals surface area contributed by atoms with Gasteiger partial charge in [-0.05, 0) is 57.8 Å². The van der Waals surface area contributed by atoms with Gasteiger partial charge < -0.3 is 34.6 Å². The van der Waals surface area contributed by atoms with Crippen molar-refractivity contribution < 1.29 is 53.3 Å². The van der Waals surface area contributed by atoms with Gasteiger partial charge in [0.05, 0.1) is 24.9 Å². The van der Waals surface area contributed by atoms with E-state index >= 15 is 0 Å². The summed E-state index contributed by atoms with van der Waals surface area (Å²) in [5, 5.41) is 30.3. The smallest absolute Gasteiger partial charge is 0.462 e. The van der Waals surface area contributed by atoms with Gasteiger partial charge in [0.25, 0.3) is 0 Å². The molecule has 0 saturated heterocycles. The summed E-state index contributed by atoms with van der Waals surface area (Å²) in [7, 11) is -4.86. The Balaban J connectivity index is 4.36. The predicted octanol–water partition coefficient (Wildman–Crippen LogP) is 8.42. The highest BCUT2D eigenvalue weighted by atomic mass is 31.2. The number of carbonyl (C=O) groups is 2. The van der Waals surface area contributed by atoms with Gasteiger partial charge in [-0.2, -0.15) is 0 Å². The minimum Gasteiger partial charge on any atom is -0.462 e. The third-order valence-electron chi connectivity index (χ3n) is 8.06. The van der Waals surface area contributed by atoms with Crippen LogP contribution in [0.15, 0.2) is 72.9 Å². The van der Waals surface area contributed by atoms with E-state index in [1.54, 1.807) is 42.5 Å². The summed E-state index contributed by atoms with van der Waals surface area (Å²) in [6.07, 6.45) is 34.2. The summed E-state index contributed by atoms with van der Waals surface area (Å²) >= 11 is 0. The lowest BCUT2D eigenvalue weighted by atomic mass is 10.1. The maximum atomic E-state index is 12.4. The SMILES string of the molecule is CCCCC/C=C\C/C=C\CCCCCCCC(=O)OC[C@H](COP(=O)(O)O)OC(=O)CCC[C@H](O)[C@@H](O)/C=C/C=C/C=C\C=C\[C@@H](O)CCCCC. The molecule has 0 radical (unpaired) electrons. The molecule has 11 nitrogen and oxygen atoms in total. The highest BCUT2D eigenvalue weighted by Gasteiger charge is 2.23. The van der Waals surface area contributed by atoms with Gasteiger partial charge in [-0.15, -0.1) is 0 Å². The number of hydrogen-bond donors (Lipinski definition) is 5. The highest BCUT2D eigenvalue weighted by Crippen LogP contribution is 2.36. The summed E-state index contributed by atoms with van der Waals surface area (Å²) < 4.78 is 26.1. The van der Waals surface area contributed by atoms with Crippen LogP contribution in [0.2, 0.25) is 0 Å². The molecule has 5 N–H and O–H groups in total. The fraction of sp³-hybridized carbons (Fsp3) is 0.659. The molecule has 4 atom stereocenters. The monoisotopic (exact) mass is 768 g/mol. The third-order valence-corrected chi connectivity index (χ3v) is 8.55. The van der Waals surface area contributed by atoms with Crippen LogP contribution in [0.5, 0.6) is 0 Å². The first-order valence-electron chi connectivity index (χ1n) is 19.6. The van der Waals surface area contributed by atoms with Crippen LogP contribution in [-0.2, 0) is 28.2 Å². The van der Waals surface area contributed by atoms with Gasteiger partial charge >= 0.3 is 19.8 Å². The van der Waals surface area contributed by atoms with Gasteiger partial charge in [-0.25, -0.2) is 4.57 Å². The van der Waals surface area contributed by atoms with Crippen molar-refractivity contribution in [3.63, 3.8) is 0 Å². The van der Waals surface area contributed by atoms with Crippen molar-refractivity contribution in [1.29, 1.82) is 0 Å². The lowest BCUT2D eigenvalue weighted by molar-refractivity contribution is -0.161. The number of esters is 2. The van der Waals surface area contributed by atoms with Gasteiger partial charge in [0.2, 0.25) is 0 Å². The number of phosphoric ester groups is 1.